The predicted octanol–water partition coefficient (Wildman–Crippen LogP) is 4.54. The summed E-state index contributed by atoms with van der Waals surface area (Å²) in [7, 11) is 3.80. The Kier molecular flexibility index (Phi) is 6.14. The third-order valence-electron chi connectivity index (χ3n) is 5.23. The molecule has 1 N–H and O–H groups in total. The van der Waals surface area contributed by atoms with Gasteiger partial charge in [-0.2, -0.15) is 5.10 Å². The van der Waals surface area contributed by atoms with Crippen molar-refractivity contribution in [2.45, 2.75) is 25.9 Å². The first-order chi connectivity index (χ1) is 15.3. The molecule has 32 heavy (non-hydrogen) atoms. The molecule has 7 nitrogen and oxygen atoms in total. The van der Waals surface area contributed by atoms with Gasteiger partial charge in [0.2, 0.25) is 5.91 Å². The van der Waals surface area contributed by atoms with E-state index in [1.807, 2.05) is 56.9 Å². The second kappa shape index (κ2) is 9.00. The van der Waals surface area contributed by atoms with Gasteiger partial charge in [-0.3, -0.25) is 9.48 Å². The number of aryl methyl sites for hydroxylation is 4. The number of amides is 1. The van der Waals surface area contributed by atoms with E-state index >= 15 is 0 Å². The molecule has 2 heterocycles. The van der Waals surface area contributed by atoms with Gasteiger partial charge in [-0.05, 0) is 38.0 Å². The number of nitrogens with one attached hydrogen (secondary N) is 1. The zero-order chi connectivity index (χ0) is 22.8. The third-order valence-corrected chi connectivity index (χ3v) is 6.25. The number of carbonyl (C=O) groups is 1. The number of hydrogen-bond donors (Lipinski definition) is 1. The van der Waals surface area contributed by atoms with Crippen molar-refractivity contribution in [2.24, 2.45) is 14.1 Å². The second-order valence-electron chi connectivity index (χ2n) is 7.95. The zero-order valence-electron chi connectivity index (χ0n) is 18.9. The third kappa shape index (κ3) is 4.60. The number of aromatic nitrogens is 5. The van der Waals surface area contributed by atoms with Gasteiger partial charge in [-0.25, -0.2) is 0 Å². The topological polar surface area (TPSA) is 77.6 Å². The molecular formula is C24H26N6OS. The minimum absolute atomic E-state index is 0.0741. The standard InChI is InChI=1S/C24H26N6OS/c1-15-7-10-18(11-8-15)22-19(13-29(4)28-22)23-26-27-24(30(23)5)32-14-21(31)25-20-12-16(2)6-9-17(20)3/h6-13H,14H2,1-5H3,(H,25,31). The number of rotatable bonds is 6. The van der Waals surface area contributed by atoms with Gasteiger partial charge in [0.25, 0.3) is 0 Å². The first-order valence-corrected chi connectivity index (χ1v) is 11.3. The highest BCUT2D eigenvalue weighted by Gasteiger charge is 2.19. The van der Waals surface area contributed by atoms with Gasteiger partial charge >= 0.3 is 0 Å². The van der Waals surface area contributed by atoms with Crippen LogP contribution >= 0.6 is 11.8 Å². The molecule has 0 atom stereocenters. The average Bonchev–Trinajstić information content (AvgIpc) is 3.32. The Hall–Kier alpha value is -3.39. The van der Waals surface area contributed by atoms with Crippen LogP contribution in [-0.4, -0.2) is 36.2 Å². The van der Waals surface area contributed by atoms with Gasteiger partial charge in [0.1, 0.15) is 5.69 Å². The van der Waals surface area contributed by atoms with Crippen molar-refractivity contribution in [3.05, 3.63) is 65.4 Å². The fourth-order valence-corrected chi connectivity index (χ4v) is 4.15. The molecule has 0 aliphatic heterocycles. The summed E-state index contributed by atoms with van der Waals surface area (Å²) in [5, 5.41) is 17.0. The maximum Gasteiger partial charge on any atom is 0.234 e. The van der Waals surface area contributed by atoms with Crippen molar-refractivity contribution >= 4 is 23.4 Å². The van der Waals surface area contributed by atoms with Gasteiger partial charge in [0.15, 0.2) is 11.0 Å². The zero-order valence-corrected chi connectivity index (χ0v) is 19.7. The van der Waals surface area contributed by atoms with Crippen molar-refractivity contribution in [1.82, 2.24) is 24.5 Å². The summed E-state index contributed by atoms with van der Waals surface area (Å²) in [4.78, 5) is 12.5. The summed E-state index contributed by atoms with van der Waals surface area (Å²) in [6.45, 7) is 6.05. The van der Waals surface area contributed by atoms with Crippen molar-refractivity contribution in [3.63, 3.8) is 0 Å². The van der Waals surface area contributed by atoms with Crippen LogP contribution in [0.1, 0.15) is 16.7 Å². The van der Waals surface area contributed by atoms with Crippen LogP contribution in [-0.2, 0) is 18.9 Å². The Morgan fingerprint density at radius 1 is 1.00 bits per heavy atom. The molecule has 2 aromatic carbocycles. The maximum atomic E-state index is 12.5. The van der Waals surface area contributed by atoms with E-state index in [1.54, 1.807) is 4.68 Å². The van der Waals surface area contributed by atoms with Crippen LogP contribution in [0.4, 0.5) is 5.69 Å². The summed E-state index contributed by atoms with van der Waals surface area (Å²) in [5.74, 6) is 0.887. The molecule has 4 aromatic rings. The van der Waals surface area contributed by atoms with E-state index in [4.69, 9.17) is 0 Å². The first kappa shape index (κ1) is 21.8. The molecule has 8 heteroatoms. The molecule has 0 fully saturated rings. The number of anilines is 1. The van der Waals surface area contributed by atoms with E-state index in [0.29, 0.717) is 11.0 Å². The molecule has 0 aliphatic carbocycles. The highest BCUT2D eigenvalue weighted by molar-refractivity contribution is 7.99. The van der Waals surface area contributed by atoms with Crippen LogP contribution in [0.3, 0.4) is 0 Å². The van der Waals surface area contributed by atoms with E-state index in [9.17, 15) is 4.79 Å². The van der Waals surface area contributed by atoms with E-state index in [0.717, 1.165) is 33.6 Å². The molecule has 1 amide bonds. The van der Waals surface area contributed by atoms with Crippen molar-refractivity contribution in [1.29, 1.82) is 0 Å². The first-order valence-electron chi connectivity index (χ1n) is 10.3. The molecule has 0 spiro atoms. The molecule has 0 radical (unpaired) electrons. The van der Waals surface area contributed by atoms with E-state index in [-0.39, 0.29) is 11.7 Å². The average molecular weight is 447 g/mol. The van der Waals surface area contributed by atoms with Crippen molar-refractivity contribution in [3.8, 4) is 22.6 Å². The number of thioether (sulfide) groups is 1. The molecule has 0 saturated carbocycles. The smallest absolute Gasteiger partial charge is 0.234 e. The summed E-state index contributed by atoms with van der Waals surface area (Å²) < 4.78 is 3.69. The van der Waals surface area contributed by atoms with Gasteiger partial charge in [-0.15, -0.1) is 10.2 Å². The van der Waals surface area contributed by atoms with Crippen LogP contribution in [0.25, 0.3) is 22.6 Å². The van der Waals surface area contributed by atoms with Gasteiger partial charge < -0.3 is 9.88 Å². The van der Waals surface area contributed by atoms with E-state index < -0.39 is 0 Å². The van der Waals surface area contributed by atoms with Crippen molar-refractivity contribution < 1.29 is 4.79 Å². The molecule has 2 aromatic heterocycles. The normalized spacial score (nSPS) is 11.0. The summed E-state index contributed by atoms with van der Waals surface area (Å²) in [6, 6.07) is 14.3. The Bertz CT molecular complexity index is 1270. The quantitative estimate of drug-likeness (QED) is 0.440. The Morgan fingerprint density at radius 3 is 2.47 bits per heavy atom. The largest absolute Gasteiger partial charge is 0.325 e. The predicted molar refractivity (Wildman–Crippen MR) is 129 cm³/mol. The minimum atomic E-state index is -0.0741. The van der Waals surface area contributed by atoms with Crippen LogP contribution < -0.4 is 5.32 Å². The van der Waals surface area contributed by atoms with Gasteiger partial charge in [-0.1, -0.05) is 53.7 Å². The van der Waals surface area contributed by atoms with Crippen LogP contribution in [0.2, 0.25) is 0 Å². The van der Waals surface area contributed by atoms with Crippen LogP contribution in [0, 0.1) is 20.8 Å². The summed E-state index contributed by atoms with van der Waals surface area (Å²) in [5.41, 5.74) is 6.96. The molecule has 0 aliphatic rings. The second-order valence-corrected chi connectivity index (χ2v) is 8.89. The Morgan fingerprint density at radius 2 is 1.72 bits per heavy atom. The summed E-state index contributed by atoms with van der Waals surface area (Å²) in [6.07, 6.45) is 1.95. The lowest BCUT2D eigenvalue weighted by atomic mass is 10.1. The fraction of sp³-hybridized carbons (Fsp3) is 0.250. The highest BCUT2D eigenvalue weighted by Crippen LogP contribution is 2.31. The molecule has 164 valence electrons. The summed E-state index contributed by atoms with van der Waals surface area (Å²) >= 11 is 1.36. The molecule has 0 saturated heterocycles. The lowest BCUT2D eigenvalue weighted by Gasteiger charge is -2.09. The van der Waals surface area contributed by atoms with Crippen LogP contribution in [0.15, 0.2) is 53.8 Å². The lowest BCUT2D eigenvalue weighted by Crippen LogP contribution is -2.15. The maximum absolute atomic E-state index is 12.5. The minimum Gasteiger partial charge on any atom is -0.325 e. The molecule has 4 rings (SSSR count). The van der Waals surface area contributed by atoms with Crippen molar-refractivity contribution in [2.75, 3.05) is 11.1 Å². The number of benzene rings is 2. The van der Waals surface area contributed by atoms with E-state index in [1.165, 1.54) is 17.3 Å². The lowest BCUT2D eigenvalue weighted by molar-refractivity contribution is -0.113. The van der Waals surface area contributed by atoms with Crippen LogP contribution in [0.5, 0.6) is 0 Å². The number of nitrogens with zero attached hydrogens (tertiary/aromatic N) is 5. The fourth-order valence-electron chi connectivity index (χ4n) is 3.44. The van der Waals surface area contributed by atoms with E-state index in [2.05, 4.69) is 51.8 Å². The molecule has 0 unspecified atom stereocenters. The molecular weight excluding hydrogens is 420 g/mol. The highest BCUT2D eigenvalue weighted by atomic mass is 32.2. The Balaban J connectivity index is 1.51. The Labute approximate surface area is 191 Å². The van der Waals surface area contributed by atoms with Gasteiger partial charge in [0.05, 0.1) is 11.3 Å². The SMILES string of the molecule is Cc1ccc(-c2nn(C)cc2-c2nnc(SCC(=O)Nc3cc(C)ccc3C)n2C)cc1. The number of carbonyl (C=O) groups excluding carboxylic acids is 1. The van der Waals surface area contributed by atoms with Gasteiger partial charge in [0, 0.05) is 31.5 Å². The number of hydrogen-bond acceptors (Lipinski definition) is 5. The monoisotopic (exact) mass is 446 g/mol. The molecule has 0 bridgehead atoms.